The van der Waals surface area contributed by atoms with Crippen molar-refractivity contribution >= 4 is 11.8 Å². The van der Waals surface area contributed by atoms with Gasteiger partial charge in [0.15, 0.2) is 0 Å². The summed E-state index contributed by atoms with van der Waals surface area (Å²) in [5.41, 5.74) is 2.42. The van der Waals surface area contributed by atoms with Gasteiger partial charge >= 0.3 is 0 Å². The molecule has 0 unspecified atom stereocenters. The number of nitrogens with one attached hydrogen (secondary N) is 1. The minimum absolute atomic E-state index is 0.0431. The third kappa shape index (κ3) is 6.33. The van der Waals surface area contributed by atoms with E-state index in [1.54, 1.807) is 0 Å². The fourth-order valence-electron chi connectivity index (χ4n) is 2.94. The van der Waals surface area contributed by atoms with Crippen LogP contribution in [0.5, 0.6) is 5.75 Å². The lowest BCUT2D eigenvalue weighted by Crippen LogP contribution is -2.51. The first-order valence-corrected chi connectivity index (χ1v) is 9.34. The summed E-state index contributed by atoms with van der Waals surface area (Å²) < 4.78 is 5.70. The number of carbonyl (C=O) groups is 2. The van der Waals surface area contributed by atoms with Gasteiger partial charge in [-0.3, -0.25) is 14.5 Å². The fraction of sp³-hybridized carbons (Fsp3) is 0.600. The first-order valence-electron chi connectivity index (χ1n) is 9.34. The maximum atomic E-state index is 12.3. The molecule has 0 aromatic heterocycles. The molecule has 1 saturated heterocycles. The number of benzene rings is 1. The molecule has 1 fully saturated rings. The molecule has 1 aromatic rings. The Morgan fingerprint density at radius 3 is 2.42 bits per heavy atom. The van der Waals surface area contributed by atoms with Gasteiger partial charge in [-0.05, 0) is 51.0 Å². The van der Waals surface area contributed by atoms with E-state index in [9.17, 15) is 9.59 Å². The Morgan fingerprint density at radius 1 is 1.12 bits per heavy atom. The smallest absolute Gasteiger partial charge is 0.234 e. The van der Waals surface area contributed by atoms with Crippen LogP contribution in [0.25, 0.3) is 0 Å². The van der Waals surface area contributed by atoms with Gasteiger partial charge in [-0.2, -0.15) is 0 Å². The van der Waals surface area contributed by atoms with E-state index >= 15 is 0 Å². The van der Waals surface area contributed by atoms with E-state index in [0.29, 0.717) is 32.7 Å². The van der Waals surface area contributed by atoms with Crippen molar-refractivity contribution in [2.24, 2.45) is 0 Å². The Balaban J connectivity index is 1.68. The van der Waals surface area contributed by atoms with Crippen LogP contribution in [-0.4, -0.2) is 67.0 Å². The molecule has 6 heteroatoms. The third-order valence-corrected chi connectivity index (χ3v) is 4.60. The number of aryl methyl sites for hydroxylation is 2. The summed E-state index contributed by atoms with van der Waals surface area (Å²) in [7, 11) is 0. The second-order valence-corrected chi connectivity index (χ2v) is 7.22. The fourth-order valence-corrected chi connectivity index (χ4v) is 2.94. The first-order chi connectivity index (χ1) is 12.3. The van der Waals surface area contributed by atoms with Crippen molar-refractivity contribution in [2.45, 2.75) is 40.2 Å². The van der Waals surface area contributed by atoms with Crippen LogP contribution in [-0.2, 0) is 9.59 Å². The summed E-state index contributed by atoms with van der Waals surface area (Å²) in [5.74, 6) is 0.962. The van der Waals surface area contributed by atoms with Gasteiger partial charge in [0.1, 0.15) is 5.75 Å². The average molecular weight is 361 g/mol. The van der Waals surface area contributed by atoms with Crippen molar-refractivity contribution in [3.8, 4) is 5.75 Å². The lowest BCUT2D eigenvalue weighted by Gasteiger charge is -2.34. The number of ether oxygens (including phenoxy) is 1. The highest BCUT2D eigenvalue weighted by Crippen LogP contribution is 2.16. The van der Waals surface area contributed by atoms with Crippen LogP contribution in [0.1, 0.15) is 31.4 Å². The highest BCUT2D eigenvalue weighted by molar-refractivity contribution is 5.78. The molecule has 2 rings (SSSR count). The molecule has 6 nitrogen and oxygen atoms in total. The standard InChI is InChI=1S/C20H31N3O3/c1-15(2)21-19(24)14-22-8-10-23(11-9-22)20(25)7-12-26-18-6-5-16(3)17(4)13-18/h5-6,13,15H,7-12,14H2,1-4H3,(H,21,24). The number of amides is 2. The molecular formula is C20H31N3O3. The molecule has 0 spiro atoms. The van der Waals surface area contributed by atoms with Gasteiger partial charge in [-0.1, -0.05) is 6.07 Å². The third-order valence-electron chi connectivity index (χ3n) is 4.60. The van der Waals surface area contributed by atoms with Gasteiger partial charge in [-0.15, -0.1) is 0 Å². The molecule has 0 atom stereocenters. The lowest BCUT2D eigenvalue weighted by atomic mass is 10.1. The summed E-state index contributed by atoms with van der Waals surface area (Å²) in [6.45, 7) is 11.6. The Hall–Kier alpha value is -2.08. The summed E-state index contributed by atoms with van der Waals surface area (Å²) in [6.07, 6.45) is 0.376. The topological polar surface area (TPSA) is 61.9 Å². The molecule has 0 radical (unpaired) electrons. The number of piperazine rings is 1. The van der Waals surface area contributed by atoms with Crippen LogP contribution in [0.3, 0.4) is 0 Å². The van der Waals surface area contributed by atoms with E-state index in [2.05, 4.69) is 17.1 Å². The van der Waals surface area contributed by atoms with Crippen molar-refractivity contribution in [3.05, 3.63) is 29.3 Å². The molecule has 2 amide bonds. The Morgan fingerprint density at radius 2 is 1.81 bits per heavy atom. The lowest BCUT2D eigenvalue weighted by molar-refractivity contribution is -0.133. The van der Waals surface area contributed by atoms with E-state index in [4.69, 9.17) is 4.74 Å². The molecule has 0 bridgehead atoms. The summed E-state index contributed by atoms with van der Waals surface area (Å²) in [6, 6.07) is 6.12. The average Bonchev–Trinajstić information content (AvgIpc) is 2.58. The van der Waals surface area contributed by atoms with Gasteiger partial charge in [0.2, 0.25) is 11.8 Å². The first kappa shape index (κ1) is 20.2. The minimum atomic E-state index is 0.0431. The van der Waals surface area contributed by atoms with E-state index in [0.717, 1.165) is 18.8 Å². The monoisotopic (exact) mass is 361 g/mol. The van der Waals surface area contributed by atoms with Gasteiger partial charge in [0, 0.05) is 32.2 Å². The largest absolute Gasteiger partial charge is 0.493 e. The van der Waals surface area contributed by atoms with E-state index < -0.39 is 0 Å². The van der Waals surface area contributed by atoms with Crippen LogP contribution in [0.4, 0.5) is 0 Å². The maximum absolute atomic E-state index is 12.3. The molecule has 1 heterocycles. The molecule has 1 aromatic carbocycles. The second-order valence-electron chi connectivity index (χ2n) is 7.22. The van der Waals surface area contributed by atoms with E-state index in [-0.39, 0.29) is 17.9 Å². The summed E-state index contributed by atoms with van der Waals surface area (Å²) in [4.78, 5) is 28.1. The Bertz CT molecular complexity index is 623. The zero-order valence-electron chi connectivity index (χ0n) is 16.4. The zero-order chi connectivity index (χ0) is 19.1. The number of nitrogens with zero attached hydrogens (tertiary/aromatic N) is 2. The predicted octanol–water partition coefficient (Wildman–Crippen LogP) is 1.74. The quantitative estimate of drug-likeness (QED) is 0.804. The van der Waals surface area contributed by atoms with Crippen LogP contribution < -0.4 is 10.1 Å². The molecular weight excluding hydrogens is 330 g/mol. The van der Waals surface area contributed by atoms with Crippen LogP contribution in [0, 0.1) is 13.8 Å². The van der Waals surface area contributed by atoms with Gasteiger partial charge in [-0.25, -0.2) is 0 Å². The van der Waals surface area contributed by atoms with Gasteiger partial charge in [0.05, 0.1) is 19.6 Å². The molecule has 26 heavy (non-hydrogen) atoms. The molecule has 0 aliphatic carbocycles. The summed E-state index contributed by atoms with van der Waals surface area (Å²) >= 11 is 0. The van der Waals surface area contributed by atoms with Crippen molar-refractivity contribution < 1.29 is 14.3 Å². The molecule has 1 aliphatic rings. The Labute approximate surface area is 156 Å². The number of rotatable bonds is 7. The van der Waals surface area contributed by atoms with Gasteiger partial charge in [0.25, 0.3) is 0 Å². The predicted molar refractivity (Wildman–Crippen MR) is 102 cm³/mol. The molecule has 1 aliphatic heterocycles. The van der Waals surface area contributed by atoms with E-state index in [1.807, 2.05) is 43.9 Å². The summed E-state index contributed by atoms with van der Waals surface area (Å²) in [5, 5.41) is 2.90. The Kier molecular flexibility index (Phi) is 7.45. The van der Waals surface area contributed by atoms with Crippen LogP contribution in [0.2, 0.25) is 0 Å². The highest BCUT2D eigenvalue weighted by Gasteiger charge is 2.22. The van der Waals surface area contributed by atoms with Crippen LogP contribution in [0.15, 0.2) is 18.2 Å². The molecule has 1 N–H and O–H groups in total. The van der Waals surface area contributed by atoms with E-state index in [1.165, 1.54) is 11.1 Å². The zero-order valence-corrected chi connectivity index (χ0v) is 16.4. The number of hydrogen-bond acceptors (Lipinski definition) is 4. The second kappa shape index (κ2) is 9.57. The van der Waals surface area contributed by atoms with Crippen molar-refractivity contribution in [1.82, 2.24) is 15.1 Å². The minimum Gasteiger partial charge on any atom is -0.493 e. The van der Waals surface area contributed by atoms with Crippen molar-refractivity contribution in [3.63, 3.8) is 0 Å². The van der Waals surface area contributed by atoms with Crippen molar-refractivity contribution in [1.29, 1.82) is 0 Å². The molecule has 144 valence electrons. The number of carbonyl (C=O) groups excluding carboxylic acids is 2. The molecule has 0 saturated carbocycles. The van der Waals surface area contributed by atoms with Crippen molar-refractivity contribution in [2.75, 3.05) is 39.3 Å². The normalized spacial score (nSPS) is 15.2. The van der Waals surface area contributed by atoms with Gasteiger partial charge < -0.3 is 15.0 Å². The highest BCUT2D eigenvalue weighted by atomic mass is 16.5. The maximum Gasteiger partial charge on any atom is 0.234 e. The number of hydrogen-bond donors (Lipinski definition) is 1. The SMILES string of the molecule is Cc1ccc(OCCC(=O)N2CCN(CC(=O)NC(C)C)CC2)cc1C. The van der Waals surface area contributed by atoms with Crippen LogP contribution >= 0.6 is 0 Å².